The van der Waals surface area contributed by atoms with Crippen molar-refractivity contribution in [1.82, 2.24) is 14.9 Å². The molecule has 0 amide bonds. The Labute approximate surface area is 220 Å². The van der Waals surface area contributed by atoms with Crippen LogP contribution in [0.25, 0.3) is 31.9 Å². The summed E-state index contributed by atoms with van der Waals surface area (Å²) in [5, 5.41) is 11.1. The van der Waals surface area contributed by atoms with E-state index in [1.807, 2.05) is 49.6 Å². The molecule has 8 heteroatoms. The van der Waals surface area contributed by atoms with E-state index in [-0.39, 0.29) is 6.42 Å². The molecule has 4 aromatic rings. The molecule has 0 bridgehead atoms. The van der Waals surface area contributed by atoms with Crippen molar-refractivity contribution in [3.8, 4) is 21.7 Å². The topological polar surface area (TPSA) is 69.6 Å². The van der Waals surface area contributed by atoms with Gasteiger partial charge in [0.15, 0.2) is 0 Å². The molecule has 0 aliphatic carbocycles. The van der Waals surface area contributed by atoms with Crippen LogP contribution < -0.4 is 4.90 Å². The van der Waals surface area contributed by atoms with Gasteiger partial charge in [0.1, 0.15) is 5.01 Å². The molecule has 2 aromatic carbocycles. The van der Waals surface area contributed by atoms with E-state index in [0.29, 0.717) is 11.1 Å². The van der Waals surface area contributed by atoms with Crippen molar-refractivity contribution in [1.29, 1.82) is 0 Å². The van der Waals surface area contributed by atoms with Crippen LogP contribution in [0.1, 0.15) is 25.0 Å². The molecule has 6 nitrogen and oxygen atoms in total. The van der Waals surface area contributed by atoms with Gasteiger partial charge in [-0.05, 0) is 61.7 Å². The van der Waals surface area contributed by atoms with Gasteiger partial charge in [0.2, 0.25) is 0 Å². The van der Waals surface area contributed by atoms with E-state index >= 15 is 0 Å². The molecule has 0 unspecified atom stereocenters. The number of aliphatic carboxylic acids is 1. The van der Waals surface area contributed by atoms with E-state index in [1.165, 1.54) is 0 Å². The Morgan fingerprint density at radius 2 is 1.81 bits per heavy atom. The zero-order valence-electron chi connectivity index (χ0n) is 20.7. The van der Waals surface area contributed by atoms with Gasteiger partial charge in [0, 0.05) is 54.6 Å². The van der Waals surface area contributed by atoms with Gasteiger partial charge in [0.05, 0.1) is 28.5 Å². The lowest BCUT2D eigenvalue weighted by molar-refractivity contribution is -0.136. The van der Waals surface area contributed by atoms with E-state index in [1.54, 1.807) is 11.3 Å². The van der Waals surface area contributed by atoms with Gasteiger partial charge in [-0.1, -0.05) is 23.7 Å². The number of piperazine rings is 1. The zero-order valence-corrected chi connectivity index (χ0v) is 22.2. The van der Waals surface area contributed by atoms with Crippen LogP contribution in [-0.4, -0.2) is 58.2 Å². The van der Waals surface area contributed by atoms with E-state index in [2.05, 4.69) is 34.7 Å². The number of halogens is 1. The summed E-state index contributed by atoms with van der Waals surface area (Å²) in [7, 11) is 0. The van der Waals surface area contributed by atoms with Crippen LogP contribution in [0.3, 0.4) is 0 Å². The number of pyridine rings is 1. The number of benzene rings is 2. The molecule has 186 valence electrons. The van der Waals surface area contributed by atoms with Gasteiger partial charge in [-0.15, -0.1) is 11.3 Å². The van der Waals surface area contributed by atoms with Crippen molar-refractivity contribution in [2.45, 2.75) is 33.2 Å². The number of anilines is 1. The number of hydrogen-bond acceptors (Lipinski definition) is 6. The number of rotatable bonds is 6. The molecular formula is C28H29ClN4O2S. The fraction of sp³-hybridized carbons (Fsp3) is 0.321. The number of hydrogen-bond donors (Lipinski definition) is 1. The molecule has 0 saturated carbocycles. The molecule has 3 heterocycles. The van der Waals surface area contributed by atoms with Crippen LogP contribution in [-0.2, 0) is 11.2 Å². The SMILES string of the molecule is Cc1cc2nc(-c3cncc(N4CCN(C(C)C)CC4)c3)sc2c(-c2ccc(Cl)cc2)c1CC(=O)O. The first kappa shape index (κ1) is 24.7. The predicted molar refractivity (Wildman–Crippen MR) is 148 cm³/mol. The number of nitrogens with zero attached hydrogens (tertiary/aromatic N) is 4. The van der Waals surface area contributed by atoms with Crippen LogP contribution in [0, 0.1) is 6.92 Å². The Hall–Kier alpha value is -3.00. The summed E-state index contributed by atoms with van der Waals surface area (Å²) in [5.74, 6) is -0.855. The third kappa shape index (κ3) is 4.96. The number of carboxylic acid groups (broad SMARTS) is 1. The molecule has 36 heavy (non-hydrogen) atoms. The monoisotopic (exact) mass is 520 g/mol. The third-order valence-electron chi connectivity index (χ3n) is 6.85. The fourth-order valence-corrected chi connectivity index (χ4v) is 6.12. The summed E-state index contributed by atoms with van der Waals surface area (Å²) in [4.78, 5) is 26.1. The molecule has 1 fully saturated rings. The normalized spacial score (nSPS) is 14.6. The third-order valence-corrected chi connectivity index (χ3v) is 8.24. The van der Waals surface area contributed by atoms with Gasteiger partial charge in [0.25, 0.3) is 0 Å². The summed E-state index contributed by atoms with van der Waals surface area (Å²) in [6.07, 6.45) is 3.74. The number of carboxylic acids is 1. The maximum Gasteiger partial charge on any atom is 0.307 e. The Balaban J connectivity index is 1.56. The van der Waals surface area contributed by atoms with Crippen LogP contribution in [0.2, 0.25) is 5.02 Å². The molecule has 1 aliphatic heterocycles. The minimum atomic E-state index is -0.855. The summed E-state index contributed by atoms with van der Waals surface area (Å²) in [5.41, 5.74) is 6.53. The second-order valence-electron chi connectivity index (χ2n) is 9.54. The van der Waals surface area contributed by atoms with E-state index in [9.17, 15) is 9.90 Å². The molecule has 5 rings (SSSR count). The summed E-state index contributed by atoms with van der Waals surface area (Å²) < 4.78 is 0.977. The van der Waals surface area contributed by atoms with Gasteiger partial charge in [-0.3, -0.25) is 14.7 Å². The predicted octanol–water partition coefficient (Wildman–Crippen LogP) is 6.14. The molecule has 1 N–H and O–H groups in total. The molecule has 0 atom stereocenters. The van der Waals surface area contributed by atoms with E-state index in [4.69, 9.17) is 16.6 Å². The first-order valence-corrected chi connectivity index (χ1v) is 13.3. The highest BCUT2D eigenvalue weighted by molar-refractivity contribution is 7.22. The van der Waals surface area contributed by atoms with Gasteiger partial charge < -0.3 is 10.0 Å². The second-order valence-corrected chi connectivity index (χ2v) is 11.0. The fourth-order valence-electron chi connectivity index (χ4n) is 4.87. The summed E-state index contributed by atoms with van der Waals surface area (Å²) >= 11 is 7.72. The lowest BCUT2D eigenvalue weighted by Crippen LogP contribution is -2.48. The highest BCUT2D eigenvalue weighted by Gasteiger charge is 2.22. The molecular weight excluding hydrogens is 492 g/mol. The molecule has 0 spiro atoms. The van der Waals surface area contributed by atoms with Crippen molar-refractivity contribution >= 4 is 44.8 Å². The largest absolute Gasteiger partial charge is 0.481 e. The van der Waals surface area contributed by atoms with E-state index < -0.39 is 5.97 Å². The average Bonchev–Trinajstić information content (AvgIpc) is 3.28. The second kappa shape index (κ2) is 10.2. The van der Waals surface area contributed by atoms with Gasteiger partial charge in [-0.25, -0.2) is 4.98 Å². The number of aromatic nitrogens is 2. The lowest BCUT2D eigenvalue weighted by Gasteiger charge is -2.38. The average molecular weight is 521 g/mol. The van der Waals surface area contributed by atoms with Crippen molar-refractivity contribution in [2.24, 2.45) is 0 Å². The van der Waals surface area contributed by atoms with Crippen LogP contribution in [0.5, 0.6) is 0 Å². The van der Waals surface area contributed by atoms with Crippen LogP contribution in [0.4, 0.5) is 5.69 Å². The Morgan fingerprint density at radius 3 is 2.47 bits per heavy atom. The maximum atomic E-state index is 11.7. The highest BCUT2D eigenvalue weighted by Crippen LogP contribution is 2.41. The first-order chi connectivity index (χ1) is 17.3. The number of fused-ring (bicyclic) bond motifs is 1. The minimum absolute atomic E-state index is 0.0492. The Bertz CT molecular complexity index is 1410. The van der Waals surface area contributed by atoms with Crippen molar-refractivity contribution in [3.63, 3.8) is 0 Å². The highest BCUT2D eigenvalue weighted by atomic mass is 35.5. The summed E-state index contributed by atoms with van der Waals surface area (Å²) in [6.45, 7) is 10.5. The Morgan fingerprint density at radius 1 is 1.08 bits per heavy atom. The summed E-state index contributed by atoms with van der Waals surface area (Å²) in [6, 6.07) is 12.3. The van der Waals surface area contributed by atoms with Gasteiger partial charge >= 0.3 is 5.97 Å². The van der Waals surface area contributed by atoms with Crippen molar-refractivity contribution in [3.05, 3.63) is 64.9 Å². The van der Waals surface area contributed by atoms with Crippen molar-refractivity contribution < 1.29 is 9.90 Å². The molecule has 0 radical (unpaired) electrons. The number of carbonyl (C=O) groups is 1. The lowest BCUT2D eigenvalue weighted by atomic mass is 9.93. The van der Waals surface area contributed by atoms with Crippen LogP contribution in [0.15, 0.2) is 48.8 Å². The zero-order chi connectivity index (χ0) is 25.4. The molecule has 2 aromatic heterocycles. The Kier molecular flexibility index (Phi) is 6.97. The van der Waals surface area contributed by atoms with E-state index in [0.717, 1.165) is 74.9 Å². The minimum Gasteiger partial charge on any atom is -0.481 e. The smallest absolute Gasteiger partial charge is 0.307 e. The van der Waals surface area contributed by atoms with Gasteiger partial charge in [-0.2, -0.15) is 0 Å². The van der Waals surface area contributed by atoms with Crippen LogP contribution >= 0.6 is 22.9 Å². The first-order valence-electron chi connectivity index (χ1n) is 12.2. The quantitative estimate of drug-likeness (QED) is 0.329. The number of aryl methyl sites for hydroxylation is 1. The number of thiazole rings is 1. The standard InChI is InChI=1S/C28H29ClN4O2S/c1-17(2)32-8-10-33(11-9-32)22-13-20(15-30-16-22)28-31-24-12-18(3)23(14-25(34)35)26(27(24)36-28)19-4-6-21(29)7-5-19/h4-7,12-13,15-17H,8-11,14H2,1-3H3,(H,34,35). The van der Waals surface area contributed by atoms with Crippen molar-refractivity contribution in [2.75, 3.05) is 31.1 Å². The maximum absolute atomic E-state index is 11.7. The molecule has 1 aliphatic rings. The molecule has 1 saturated heterocycles.